The second kappa shape index (κ2) is 5.03. The van der Waals surface area contributed by atoms with Gasteiger partial charge in [-0.05, 0) is 19.8 Å². The zero-order chi connectivity index (χ0) is 7.98. The van der Waals surface area contributed by atoms with Gasteiger partial charge in [-0.2, -0.15) is 0 Å². The summed E-state index contributed by atoms with van der Waals surface area (Å²) in [5.41, 5.74) is 0. The Balaban J connectivity index is 3.71. The first kappa shape index (κ1) is 9.21. The summed E-state index contributed by atoms with van der Waals surface area (Å²) in [5.74, 6) is -0.892. The molecule has 58 valence electrons. The van der Waals surface area contributed by atoms with Crippen molar-refractivity contribution in [2.24, 2.45) is 5.92 Å². The maximum atomic E-state index is 10.4. The molecule has 0 fully saturated rings. The van der Waals surface area contributed by atoms with Gasteiger partial charge < -0.3 is 5.11 Å². The molecule has 0 aromatic carbocycles. The number of aliphatic carboxylic acids is 1. The average Bonchev–Trinajstić information content (AvgIpc) is 1.89. The van der Waals surface area contributed by atoms with E-state index in [1.165, 1.54) is 0 Å². The third kappa shape index (κ3) is 3.28. The van der Waals surface area contributed by atoms with Crippen LogP contribution in [0.1, 0.15) is 26.7 Å². The summed E-state index contributed by atoms with van der Waals surface area (Å²) in [7, 11) is 0. The Labute approximate surface area is 61.6 Å². The summed E-state index contributed by atoms with van der Waals surface area (Å²) in [5, 5.41) is 8.57. The Hall–Kier alpha value is -0.790. The monoisotopic (exact) mass is 142 g/mol. The van der Waals surface area contributed by atoms with Gasteiger partial charge >= 0.3 is 5.97 Å². The van der Waals surface area contributed by atoms with Crippen molar-refractivity contribution in [3.05, 3.63) is 12.2 Å². The molecule has 1 atom stereocenters. The summed E-state index contributed by atoms with van der Waals surface area (Å²) < 4.78 is 0. The minimum absolute atomic E-state index is 0.198. The van der Waals surface area contributed by atoms with Crippen molar-refractivity contribution in [3.8, 4) is 0 Å². The SMILES string of the molecule is C/C=C/C[C@H](CC)C(=O)O. The lowest BCUT2D eigenvalue weighted by molar-refractivity contribution is -0.141. The molecule has 2 nitrogen and oxygen atoms in total. The number of hydrogen-bond donors (Lipinski definition) is 1. The van der Waals surface area contributed by atoms with Gasteiger partial charge in [0.1, 0.15) is 0 Å². The summed E-state index contributed by atoms with van der Waals surface area (Å²) in [4.78, 5) is 10.4. The largest absolute Gasteiger partial charge is 0.481 e. The molecule has 0 rings (SSSR count). The Kier molecular flexibility index (Phi) is 4.63. The van der Waals surface area contributed by atoms with Crippen LogP contribution in [0.5, 0.6) is 0 Å². The zero-order valence-corrected chi connectivity index (χ0v) is 6.50. The fourth-order valence-corrected chi connectivity index (χ4v) is 0.742. The molecule has 0 aliphatic carbocycles. The molecule has 0 aliphatic heterocycles. The predicted molar refractivity (Wildman–Crippen MR) is 40.8 cm³/mol. The van der Waals surface area contributed by atoms with Crippen molar-refractivity contribution in [2.45, 2.75) is 26.7 Å². The van der Waals surface area contributed by atoms with E-state index in [1.54, 1.807) is 0 Å². The first-order valence-corrected chi connectivity index (χ1v) is 3.56. The van der Waals surface area contributed by atoms with Gasteiger partial charge in [0.25, 0.3) is 0 Å². The van der Waals surface area contributed by atoms with Gasteiger partial charge in [0.15, 0.2) is 0 Å². The second-order valence-corrected chi connectivity index (χ2v) is 2.25. The van der Waals surface area contributed by atoms with Gasteiger partial charge in [0.05, 0.1) is 5.92 Å². The highest BCUT2D eigenvalue weighted by atomic mass is 16.4. The lowest BCUT2D eigenvalue weighted by Gasteiger charge is -2.04. The van der Waals surface area contributed by atoms with E-state index in [1.807, 2.05) is 26.0 Å². The Morgan fingerprint density at radius 2 is 2.30 bits per heavy atom. The lowest BCUT2D eigenvalue weighted by atomic mass is 10.0. The summed E-state index contributed by atoms with van der Waals surface area (Å²) >= 11 is 0. The van der Waals surface area contributed by atoms with Crippen LogP contribution in [0.2, 0.25) is 0 Å². The van der Waals surface area contributed by atoms with Gasteiger partial charge in [-0.1, -0.05) is 19.1 Å². The molecule has 0 amide bonds. The highest BCUT2D eigenvalue weighted by Crippen LogP contribution is 2.08. The van der Waals surface area contributed by atoms with Crippen molar-refractivity contribution in [1.82, 2.24) is 0 Å². The summed E-state index contributed by atoms with van der Waals surface area (Å²) in [6.07, 6.45) is 5.13. The van der Waals surface area contributed by atoms with E-state index in [0.717, 1.165) is 0 Å². The molecule has 0 aromatic rings. The molecule has 0 saturated carbocycles. The summed E-state index contributed by atoms with van der Waals surface area (Å²) in [6, 6.07) is 0. The molecule has 0 bridgehead atoms. The molecule has 0 spiro atoms. The second-order valence-electron chi connectivity index (χ2n) is 2.25. The van der Waals surface area contributed by atoms with Crippen molar-refractivity contribution in [3.63, 3.8) is 0 Å². The van der Waals surface area contributed by atoms with E-state index in [2.05, 4.69) is 0 Å². The molecule has 0 saturated heterocycles. The van der Waals surface area contributed by atoms with Gasteiger partial charge in [-0.25, -0.2) is 0 Å². The van der Waals surface area contributed by atoms with Gasteiger partial charge in [-0.15, -0.1) is 0 Å². The topological polar surface area (TPSA) is 37.3 Å². The van der Waals surface area contributed by atoms with E-state index in [9.17, 15) is 4.79 Å². The fraction of sp³-hybridized carbons (Fsp3) is 0.625. The summed E-state index contributed by atoms with van der Waals surface area (Å²) in [6.45, 7) is 3.79. The molecular formula is C8H14O2. The standard InChI is InChI=1S/C8H14O2/c1-3-5-6-7(4-2)8(9)10/h3,5,7H,4,6H2,1-2H3,(H,9,10)/b5-3+/t7-/m0/s1. The highest BCUT2D eigenvalue weighted by molar-refractivity contribution is 5.70. The normalized spacial score (nSPS) is 13.8. The van der Waals surface area contributed by atoms with Crippen LogP contribution in [0.15, 0.2) is 12.2 Å². The maximum Gasteiger partial charge on any atom is 0.306 e. The van der Waals surface area contributed by atoms with Crippen LogP contribution in [0.4, 0.5) is 0 Å². The number of hydrogen-bond acceptors (Lipinski definition) is 1. The van der Waals surface area contributed by atoms with E-state index in [-0.39, 0.29) is 5.92 Å². The van der Waals surface area contributed by atoms with Crippen molar-refractivity contribution >= 4 is 5.97 Å². The van der Waals surface area contributed by atoms with E-state index in [0.29, 0.717) is 12.8 Å². The van der Waals surface area contributed by atoms with Crippen LogP contribution in [0, 0.1) is 5.92 Å². The molecule has 0 aromatic heterocycles. The van der Waals surface area contributed by atoms with Crippen molar-refractivity contribution < 1.29 is 9.90 Å². The number of rotatable bonds is 4. The maximum absolute atomic E-state index is 10.4. The highest BCUT2D eigenvalue weighted by Gasteiger charge is 2.11. The van der Waals surface area contributed by atoms with E-state index in [4.69, 9.17) is 5.11 Å². The van der Waals surface area contributed by atoms with Crippen LogP contribution in [-0.4, -0.2) is 11.1 Å². The first-order chi connectivity index (χ1) is 4.72. The predicted octanol–water partition coefficient (Wildman–Crippen LogP) is 2.06. The minimum Gasteiger partial charge on any atom is -0.481 e. The Morgan fingerprint density at radius 3 is 2.60 bits per heavy atom. The Bertz CT molecular complexity index is 127. The molecule has 0 radical (unpaired) electrons. The fourth-order valence-electron chi connectivity index (χ4n) is 0.742. The number of allylic oxidation sites excluding steroid dienone is 2. The molecule has 0 aliphatic rings. The third-order valence-corrected chi connectivity index (χ3v) is 1.50. The smallest absolute Gasteiger partial charge is 0.306 e. The minimum atomic E-state index is -0.694. The van der Waals surface area contributed by atoms with Gasteiger partial charge in [0, 0.05) is 0 Å². The molecule has 2 heteroatoms. The average molecular weight is 142 g/mol. The molecule has 0 unspecified atom stereocenters. The number of carboxylic acid groups (broad SMARTS) is 1. The Morgan fingerprint density at radius 1 is 1.70 bits per heavy atom. The van der Waals surface area contributed by atoms with Crippen LogP contribution in [-0.2, 0) is 4.79 Å². The number of carbonyl (C=O) groups is 1. The number of carboxylic acids is 1. The lowest BCUT2D eigenvalue weighted by Crippen LogP contribution is -2.10. The quantitative estimate of drug-likeness (QED) is 0.610. The van der Waals surface area contributed by atoms with Crippen LogP contribution >= 0.6 is 0 Å². The first-order valence-electron chi connectivity index (χ1n) is 3.56. The molecule has 1 N–H and O–H groups in total. The third-order valence-electron chi connectivity index (χ3n) is 1.50. The van der Waals surface area contributed by atoms with Crippen LogP contribution < -0.4 is 0 Å². The molecular weight excluding hydrogens is 128 g/mol. The van der Waals surface area contributed by atoms with Crippen molar-refractivity contribution in [1.29, 1.82) is 0 Å². The molecule has 0 heterocycles. The van der Waals surface area contributed by atoms with E-state index < -0.39 is 5.97 Å². The van der Waals surface area contributed by atoms with Gasteiger partial charge in [0.2, 0.25) is 0 Å². The van der Waals surface area contributed by atoms with Gasteiger partial charge in [-0.3, -0.25) is 4.79 Å². The van der Waals surface area contributed by atoms with Crippen LogP contribution in [0.3, 0.4) is 0 Å². The van der Waals surface area contributed by atoms with Crippen molar-refractivity contribution in [2.75, 3.05) is 0 Å². The zero-order valence-electron chi connectivity index (χ0n) is 6.50. The van der Waals surface area contributed by atoms with E-state index >= 15 is 0 Å². The molecule has 10 heavy (non-hydrogen) atoms. The van der Waals surface area contributed by atoms with Crippen LogP contribution in [0.25, 0.3) is 0 Å².